The number of nitrogens with one attached hydrogen (secondary N) is 2. The first kappa shape index (κ1) is 11.5. The number of benzene rings is 1. The van der Waals surface area contributed by atoms with Gasteiger partial charge in [-0.3, -0.25) is 4.79 Å². The van der Waals surface area contributed by atoms with Crippen molar-refractivity contribution in [3.63, 3.8) is 0 Å². The molecule has 0 spiro atoms. The van der Waals surface area contributed by atoms with Crippen LogP contribution in [-0.2, 0) is 4.79 Å². The fourth-order valence-corrected chi connectivity index (χ4v) is 2.95. The van der Waals surface area contributed by atoms with Crippen LogP contribution in [0.15, 0.2) is 36.4 Å². The van der Waals surface area contributed by atoms with Gasteiger partial charge in [0.1, 0.15) is 0 Å². The van der Waals surface area contributed by atoms with Crippen molar-refractivity contribution in [3.8, 4) is 0 Å². The van der Waals surface area contributed by atoms with E-state index in [1.54, 1.807) is 6.08 Å². The Labute approximate surface area is 107 Å². The van der Waals surface area contributed by atoms with Gasteiger partial charge in [0.2, 0.25) is 5.91 Å². The lowest BCUT2D eigenvalue weighted by Crippen LogP contribution is -2.42. The third-order valence-corrected chi connectivity index (χ3v) is 3.85. The zero-order valence-electron chi connectivity index (χ0n) is 10.3. The van der Waals surface area contributed by atoms with Crippen LogP contribution in [0.5, 0.6) is 0 Å². The van der Waals surface area contributed by atoms with Gasteiger partial charge in [0.25, 0.3) is 0 Å². The van der Waals surface area contributed by atoms with Crippen molar-refractivity contribution < 1.29 is 4.79 Å². The van der Waals surface area contributed by atoms with Gasteiger partial charge in [-0.1, -0.05) is 30.3 Å². The summed E-state index contributed by atoms with van der Waals surface area (Å²) < 4.78 is 0. The number of rotatable bonds is 3. The molecule has 1 aromatic carbocycles. The molecule has 0 radical (unpaired) electrons. The molecule has 0 aromatic heterocycles. The van der Waals surface area contributed by atoms with Gasteiger partial charge >= 0.3 is 0 Å². The third kappa shape index (κ3) is 2.46. The summed E-state index contributed by atoms with van der Waals surface area (Å²) in [7, 11) is 0. The minimum atomic E-state index is 0.0122. The molecular weight excluding hydrogens is 224 g/mol. The first-order chi connectivity index (χ1) is 8.81. The molecule has 2 aliphatic heterocycles. The molecule has 3 rings (SSSR count). The van der Waals surface area contributed by atoms with Crippen molar-refractivity contribution in [2.45, 2.75) is 37.4 Å². The molecule has 0 saturated carbocycles. The van der Waals surface area contributed by atoms with E-state index in [0.29, 0.717) is 18.1 Å². The van der Waals surface area contributed by atoms with Crippen LogP contribution in [0.2, 0.25) is 0 Å². The molecule has 2 saturated heterocycles. The molecule has 0 unspecified atom stereocenters. The lowest BCUT2D eigenvalue weighted by molar-refractivity contribution is -0.117. The average Bonchev–Trinajstić information content (AvgIpc) is 3.00. The first-order valence-electron chi connectivity index (χ1n) is 6.61. The van der Waals surface area contributed by atoms with Crippen LogP contribution in [0.3, 0.4) is 0 Å². The number of carbonyl (C=O) groups is 1. The second-order valence-corrected chi connectivity index (χ2v) is 5.14. The standard InChI is InChI=1S/C15H18N2O/c18-15(9-6-11-4-2-1-3-5-11)17-14-10-12-7-8-13(14)16-12/h1-6,9,12-14,16H,7-8,10H2,(H,17,18)/t12-,13+,14+/m1/s1. The van der Waals surface area contributed by atoms with Gasteiger partial charge in [0.05, 0.1) is 0 Å². The maximum atomic E-state index is 11.8. The summed E-state index contributed by atoms with van der Waals surface area (Å²) >= 11 is 0. The summed E-state index contributed by atoms with van der Waals surface area (Å²) in [6.45, 7) is 0. The molecule has 18 heavy (non-hydrogen) atoms. The second kappa shape index (κ2) is 4.94. The minimum Gasteiger partial charge on any atom is -0.348 e. The Bertz CT molecular complexity index is 455. The quantitative estimate of drug-likeness (QED) is 0.792. The zero-order chi connectivity index (χ0) is 12.4. The Morgan fingerprint density at radius 3 is 2.78 bits per heavy atom. The molecule has 1 aromatic rings. The van der Waals surface area contributed by atoms with Gasteiger partial charge < -0.3 is 10.6 Å². The molecule has 94 valence electrons. The Balaban J connectivity index is 1.55. The van der Waals surface area contributed by atoms with Crippen LogP contribution < -0.4 is 10.6 Å². The summed E-state index contributed by atoms with van der Waals surface area (Å²) in [5.41, 5.74) is 1.05. The van der Waals surface area contributed by atoms with Gasteiger partial charge in [-0.15, -0.1) is 0 Å². The van der Waals surface area contributed by atoms with E-state index in [9.17, 15) is 4.79 Å². The van der Waals surface area contributed by atoms with Crippen LogP contribution in [0.25, 0.3) is 6.08 Å². The van der Waals surface area contributed by atoms with E-state index in [2.05, 4.69) is 10.6 Å². The first-order valence-corrected chi connectivity index (χ1v) is 6.61. The summed E-state index contributed by atoms with van der Waals surface area (Å²) in [6, 6.07) is 11.3. The lowest BCUT2D eigenvalue weighted by atomic mass is 9.95. The highest BCUT2D eigenvalue weighted by molar-refractivity contribution is 5.92. The highest BCUT2D eigenvalue weighted by Crippen LogP contribution is 2.28. The SMILES string of the molecule is O=C(C=Cc1ccccc1)N[C@H]1C[C@H]2CC[C@@H]1N2. The minimum absolute atomic E-state index is 0.0122. The van der Waals surface area contributed by atoms with Crippen LogP contribution in [-0.4, -0.2) is 24.0 Å². The van der Waals surface area contributed by atoms with Crippen LogP contribution in [0, 0.1) is 0 Å². The number of carbonyl (C=O) groups excluding carboxylic acids is 1. The number of fused-ring (bicyclic) bond motifs is 2. The largest absolute Gasteiger partial charge is 0.348 e. The molecule has 2 heterocycles. The molecule has 2 aliphatic rings. The predicted molar refractivity (Wildman–Crippen MR) is 72.0 cm³/mol. The number of amides is 1. The van der Waals surface area contributed by atoms with E-state index < -0.39 is 0 Å². The third-order valence-electron chi connectivity index (χ3n) is 3.85. The number of hydrogen-bond acceptors (Lipinski definition) is 2. The molecule has 1 amide bonds. The Hall–Kier alpha value is -1.61. The normalized spacial score (nSPS) is 29.9. The summed E-state index contributed by atoms with van der Waals surface area (Å²) in [6.07, 6.45) is 7.02. The van der Waals surface area contributed by atoms with Gasteiger partial charge in [-0.25, -0.2) is 0 Å². The molecule has 3 atom stereocenters. The fraction of sp³-hybridized carbons (Fsp3) is 0.400. The molecule has 3 heteroatoms. The molecule has 0 aliphatic carbocycles. The van der Waals surface area contributed by atoms with Gasteiger partial charge in [-0.2, -0.15) is 0 Å². The summed E-state index contributed by atoms with van der Waals surface area (Å²) in [5, 5.41) is 6.61. The van der Waals surface area contributed by atoms with Gasteiger partial charge in [0, 0.05) is 24.2 Å². The molecule has 2 N–H and O–H groups in total. The maximum Gasteiger partial charge on any atom is 0.244 e. The van der Waals surface area contributed by atoms with Crippen molar-refractivity contribution >= 4 is 12.0 Å². The van der Waals surface area contributed by atoms with Crippen LogP contribution in [0.1, 0.15) is 24.8 Å². The van der Waals surface area contributed by atoms with E-state index in [1.165, 1.54) is 12.8 Å². The van der Waals surface area contributed by atoms with E-state index in [1.807, 2.05) is 36.4 Å². The van der Waals surface area contributed by atoms with E-state index in [0.717, 1.165) is 12.0 Å². The topological polar surface area (TPSA) is 41.1 Å². The molecular formula is C15H18N2O. The molecule has 2 bridgehead atoms. The predicted octanol–water partition coefficient (Wildman–Crippen LogP) is 1.71. The Morgan fingerprint density at radius 1 is 1.28 bits per heavy atom. The second-order valence-electron chi connectivity index (χ2n) is 5.14. The summed E-state index contributed by atoms with van der Waals surface area (Å²) in [4.78, 5) is 11.8. The smallest absolute Gasteiger partial charge is 0.244 e. The van der Waals surface area contributed by atoms with E-state index in [4.69, 9.17) is 0 Å². The van der Waals surface area contributed by atoms with Crippen LogP contribution >= 0.6 is 0 Å². The van der Waals surface area contributed by atoms with Crippen molar-refractivity contribution in [2.75, 3.05) is 0 Å². The maximum absolute atomic E-state index is 11.8. The van der Waals surface area contributed by atoms with Gasteiger partial charge in [-0.05, 0) is 30.9 Å². The average molecular weight is 242 g/mol. The van der Waals surface area contributed by atoms with Crippen molar-refractivity contribution in [3.05, 3.63) is 42.0 Å². The highest BCUT2D eigenvalue weighted by Gasteiger charge is 2.39. The Kier molecular flexibility index (Phi) is 3.15. The molecule has 2 fully saturated rings. The van der Waals surface area contributed by atoms with E-state index in [-0.39, 0.29) is 5.91 Å². The van der Waals surface area contributed by atoms with E-state index >= 15 is 0 Å². The van der Waals surface area contributed by atoms with Crippen molar-refractivity contribution in [1.29, 1.82) is 0 Å². The zero-order valence-corrected chi connectivity index (χ0v) is 10.3. The Morgan fingerprint density at radius 2 is 2.11 bits per heavy atom. The van der Waals surface area contributed by atoms with Gasteiger partial charge in [0.15, 0.2) is 0 Å². The van der Waals surface area contributed by atoms with Crippen molar-refractivity contribution in [1.82, 2.24) is 10.6 Å². The monoisotopic (exact) mass is 242 g/mol. The fourth-order valence-electron chi connectivity index (χ4n) is 2.95. The van der Waals surface area contributed by atoms with Crippen molar-refractivity contribution in [2.24, 2.45) is 0 Å². The summed E-state index contributed by atoms with van der Waals surface area (Å²) in [5.74, 6) is 0.0122. The number of hydrogen-bond donors (Lipinski definition) is 2. The lowest BCUT2D eigenvalue weighted by Gasteiger charge is -2.20. The van der Waals surface area contributed by atoms with Crippen LogP contribution in [0.4, 0.5) is 0 Å². The molecule has 3 nitrogen and oxygen atoms in total. The highest BCUT2D eigenvalue weighted by atomic mass is 16.1.